The smallest absolute Gasteiger partial charge is 0.253 e. The van der Waals surface area contributed by atoms with Crippen molar-refractivity contribution in [2.24, 2.45) is 0 Å². The molecule has 0 radical (unpaired) electrons. The van der Waals surface area contributed by atoms with Gasteiger partial charge in [0, 0.05) is 19.2 Å². The lowest BCUT2D eigenvalue weighted by Crippen LogP contribution is -2.33. The fourth-order valence-electron chi connectivity index (χ4n) is 1.33. The Bertz CT molecular complexity index is 396. The van der Waals surface area contributed by atoms with Gasteiger partial charge in [-0.25, -0.2) is 4.39 Å². The Morgan fingerprint density at radius 1 is 1.62 bits per heavy atom. The number of halogens is 2. The van der Waals surface area contributed by atoms with E-state index in [4.69, 9.17) is 5.11 Å². The number of rotatable bonds is 3. The summed E-state index contributed by atoms with van der Waals surface area (Å²) in [5, 5.41) is 9.15. The summed E-state index contributed by atoms with van der Waals surface area (Å²) >= 11 is 3.02. The number of amides is 1. The van der Waals surface area contributed by atoms with Crippen LogP contribution in [0.25, 0.3) is 0 Å². The summed E-state index contributed by atoms with van der Waals surface area (Å²) in [7, 11) is 1.59. The predicted octanol–water partition coefficient (Wildman–Crippen LogP) is 2.04. The highest BCUT2D eigenvalue weighted by Crippen LogP contribution is 2.17. The van der Waals surface area contributed by atoms with E-state index in [9.17, 15) is 9.18 Å². The zero-order valence-corrected chi connectivity index (χ0v) is 10.7. The molecule has 0 saturated carbocycles. The third kappa shape index (κ3) is 3.28. The minimum Gasteiger partial charge on any atom is -0.392 e. The van der Waals surface area contributed by atoms with E-state index in [1.807, 2.05) is 0 Å². The molecule has 0 spiro atoms. The molecule has 1 amide bonds. The first-order valence-corrected chi connectivity index (χ1v) is 5.59. The Morgan fingerprint density at radius 2 is 2.25 bits per heavy atom. The molecule has 1 atom stereocenters. The normalized spacial score (nSPS) is 12.3. The van der Waals surface area contributed by atoms with Crippen LogP contribution in [0.5, 0.6) is 0 Å². The van der Waals surface area contributed by atoms with Gasteiger partial charge in [-0.15, -0.1) is 0 Å². The fourth-order valence-corrected chi connectivity index (χ4v) is 1.71. The zero-order chi connectivity index (χ0) is 12.3. The van der Waals surface area contributed by atoms with Gasteiger partial charge in [-0.3, -0.25) is 4.79 Å². The van der Waals surface area contributed by atoms with Gasteiger partial charge in [-0.1, -0.05) is 0 Å². The molecule has 1 aromatic carbocycles. The van der Waals surface area contributed by atoms with Crippen LogP contribution in [0.2, 0.25) is 0 Å². The van der Waals surface area contributed by atoms with Gasteiger partial charge in [-0.05, 0) is 41.1 Å². The van der Waals surface area contributed by atoms with E-state index in [1.54, 1.807) is 14.0 Å². The van der Waals surface area contributed by atoms with Crippen molar-refractivity contribution in [1.82, 2.24) is 4.90 Å². The van der Waals surface area contributed by atoms with Crippen molar-refractivity contribution in [3.63, 3.8) is 0 Å². The number of nitrogens with zero attached hydrogens (tertiary/aromatic N) is 1. The molecule has 1 rings (SSSR count). The van der Waals surface area contributed by atoms with Crippen molar-refractivity contribution in [2.45, 2.75) is 13.0 Å². The highest BCUT2D eigenvalue weighted by molar-refractivity contribution is 9.10. The van der Waals surface area contributed by atoms with Crippen LogP contribution < -0.4 is 0 Å². The van der Waals surface area contributed by atoms with Crippen molar-refractivity contribution >= 4 is 21.8 Å². The first kappa shape index (κ1) is 13.1. The number of carbonyl (C=O) groups excluding carboxylic acids is 1. The van der Waals surface area contributed by atoms with Gasteiger partial charge >= 0.3 is 0 Å². The molecule has 0 aliphatic rings. The molecule has 1 N–H and O–H groups in total. The third-order valence-electron chi connectivity index (χ3n) is 2.05. The monoisotopic (exact) mass is 289 g/mol. The Balaban J connectivity index is 2.84. The molecule has 0 saturated heterocycles. The van der Waals surface area contributed by atoms with Crippen LogP contribution in [0.1, 0.15) is 17.3 Å². The number of hydrogen-bond donors (Lipinski definition) is 1. The molecule has 5 heteroatoms. The number of aliphatic hydroxyl groups excluding tert-OH is 1. The highest BCUT2D eigenvalue weighted by atomic mass is 79.9. The van der Waals surface area contributed by atoms with Crippen LogP contribution in [-0.2, 0) is 0 Å². The summed E-state index contributed by atoms with van der Waals surface area (Å²) in [4.78, 5) is 13.2. The average Bonchev–Trinajstić information content (AvgIpc) is 2.20. The van der Waals surface area contributed by atoms with Gasteiger partial charge in [0.05, 0.1) is 10.6 Å². The van der Waals surface area contributed by atoms with Crippen LogP contribution in [0.3, 0.4) is 0 Å². The minimum absolute atomic E-state index is 0.244. The van der Waals surface area contributed by atoms with Gasteiger partial charge in [0.15, 0.2) is 0 Å². The summed E-state index contributed by atoms with van der Waals surface area (Å²) in [6.45, 7) is 1.85. The molecule has 0 bridgehead atoms. The van der Waals surface area contributed by atoms with Crippen LogP contribution in [0.15, 0.2) is 22.7 Å². The molecule has 0 aromatic heterocycles. The Morgan fingerprint density at radius 3 is 2.75 bits per heavy atom. The molecule has 0 heterocycles. The van der Waals surface area contributed by atoms with Crippen LogP contribution >= 0.6 is 15.9 Å². The van der Waals surface area contributed by atoms with Gasteiger partial charge in [0.25, 0.3) is 5.91 Å². The summed E-state index contributed by atoms with van der Waals surface area (Å²) in [5.74, 6) is -0.656. The molecule has 16 heavy (non-hydrogen) atoms. The molecular formula is C11H13BrFNO2. The summed E-state index contributed by atoms with van der Waals surface area (Å²) < 4.78 is 13.2. The second-order valence-electron chi connectivity index (χ2n) is 3.66. The van der Waals surface area contributed by atoms with E-state index < -0.39 is 11.9 Å². The number of benzene rings is 1. The molecule has 3 nitrogen and oxygen atoms in total. The maximum absolute atomic E-state index is 13.0. The van der Waals surface area contributed by atoms with E-state index in [0.29, 0.717) is 5.56 Å². The van der Waals surface area contributed by atoms with Crippen molar-refractivity contribution < 1.29 is 14.3 Å². The van der Waals surface area contributed by atoms with Gasteiger partial charge in [0.2, 0.25) is 0 Å². The van der Waals surface area contributed by atoms with Crippen LogP contribution in [0, 0.1) is 5.82 Å². The second kappa shape index (κ2) is 5.41. The van der Waals surface area contributed by atoms with Crippen molar-refractivity contribution in [3.05, 3.63) is 34.1 Å². The first-order chi connectivity index (χ1) is 7.41. The minimum atomic E-state index is -0.585. The maximum Gasteiger partial charge on any atom is 0.253 e. The third-order valence-corrected chi connectivity index (χ3v) is 2.66. The molecule has 1 unspecified atom stereocenters. The second-order valence-corrected chi connectivity index (χ2v) is 4.52. The average molecular weight is 290 g/mol. The lowest BCUT2D eigenvalue weighted by atomic mass is 10.2. The van der Waals surface area contributed by atoms with E-state index in [2.05, 4.69) is 15.9 Å². The Labute approximate surface area is 102 Å². The molecular weight excluding hydrogens is 277 g/mol. The summed E-state index contributed by atoms with van der Waals surface area (Å²) in [5.41, 5.74) is 0.386. The van der Waals surface area contributed by atoms with Crippen LogP contribution in [-0.4, -0.2) is 35.6 Å². The Kier molecular flexibility index (Phi) is 4.44. The highest BCUT2D eigenvalue weighted by Gasteiger charge is 2.14. The zero-order valence-electron chi connectivity index (χ0n) is 9.08. The molecule has 0 aliphatic carbocycles. The predicted molar refractivity (Wildman–Crippen MR) is 62.7 cm³/mol. The SMILES string of the molecule is CC(O)CN(C)C(=O)c1ccc(F)c(Br)c1. The van der Waals surface area contributed by atoms with Gasteiger partial charge < -0.3 is 10.0 Å². The molecule has 88 valence electrons. The topological polar surface area (TPSA) is 40.5 Å². The van der Waals surface area contributed by atoms with Gasteiger partial charge in [-0.2, -0.15) is 0 Å². The molecule has 0 fully saturated rings. The lowest BCUT2D eigenvalue weighted by molar-refractivity contribution is 0.0703. The molecule has 1 aromatic rings. The maximum atomic E-state index is 13.0. The molecule has 0 aliphatic heterocycles. The van der Waals surface area contributed by atoms with E-state index >= 15 is 0 Å². The largest absolute Gasteiger partial charge is 0.392 e. The number of aliphatic hydroxyl groups is 1. The van der Waals surface area contributed by atoms with E-state index in [1.165, 1.54) is 23.1 Å². The Hall–Kier alpha value is -0.940. The summed E-state index contributed by atoms with van der Waals surface area (Å²) in [6, 6.07) is 4.07. The number of hydrogen-bond acceptors (Lipinski definition) is 2. The van der Waals surface area contributed by atoms with Crippen molar-refractivity contribution in [1.29, 1.82) is 0 Å². The van der Waals surface area contributed by atoms with E-state index in [0.717, 1.165) is 0 Å². The van der Waals surface area contributed by atoms with Gasteiger partial charge in [0.1, 0.15) is 5.82 Å². The summed E-state index contributed by atoms with van der Waals surface area (Å²) in [6.07, 6.45) is -0.585. The van der Waals surface area contributed by atoms with Crippen molar-refractivity contribution in [3.8, 4) is 0 Å². The van der Waals surface area contributed by atoms with E-state index in [-0.39, 0.29) is 16.9 Å². The number of carbonyl (C=O) groups is 1. The fraction of sp³-hybridized carbons (Fsp3) is 0.364. The standard InChI is InChI=1S/C11H13BrFNO2/c1-7(15)6-14(2)11(16)8-3-4-10(13)9(12)5-8/h3-5,7,15H,6H2,1-2H3. The lowest BCUT2D eigenvalue weighted by Gasteiger charge is -2.18. The van der Waals surface area contributed by atoms with Crippen molar-refractivity contribution in [2.75, 3.05) is 13.6 Å². The van der Waals surface area contributed by atoms with Crippen LogP contribution in [0.4, 0.5) is 4.39 Å². The quantitative estimate of drug-likeness (QED) is 0.925. The first-order valence-electron chi connectivity index (χ1n) is 4.80. The number of likely N-dealkylation sites (N-methyl/N-ethyl adjacent to an activating group) is 1.